The van der Waals surface area contributed by atoms with E-state index in [-0.39, 0.29) is 11.4 Å². The molecule has 176 valence electrons. The number of carbonyl (C=O) groups excluding carboxylic acids is 1. The highest BCUT2D eigenvalue weighted by Gasteiger charge is 2.43. The third-order valence-corrected chi connectivity index (χ3v) is 8.00. The molecule has 3 aliphatic rings. The van der Waals surface area contributed by atoms with Gasteiger partial charge < -0.3 is 14.7 Å². The molecule has 2 saturated heterocycles. The van der Waals surface area contributed by atoms with Crippen LogP contribution in [0.1, 0.15) is 43.4 Å². The van der Waals surface area contributed by atoms with Crippen molar-refractivity contribution in [2.75, 3.05) is 56.6 Å². The summed E-state index contributed by atoms with van der Waals surface area (Å²) in [4.78, 5) is 30.5. The molecule has 0 radical (unpaired) electrons. The fraction of sp³-hybridized carbons (Fsp3) is 0.577. The number of fused-ring (bicyclic) bond motifs is 2. The van der Waals surface area contributed by atoms with Gasteiger partial charge in [-0.2, -0.15) is 0 Å². The number of hydrogen-bond acceptors (Lipinski definition) is 5. The Morgan fingerprint density at radius 3 is 2.39 bits per heavy atom. The number of amides is 2. The summed E-state index contributed by atoms with van der Waals surface area (Å²) in [6.45, 7) is 7.20. The first kappa shape index (κ1) is 22.1. The molecule has 0 unspecified atom stereocenters. The molecule has 2 amide bonds. The minimum atomic E-state index is 0.0831. The average molecular weight is 449 g/mol. The van der Waals surface area contributed by atoms with Crippen molar-refractivity contribution in [3.05, 3.63) is 47.9 Å². The third kappa shape index (κ3) is 4.19. The number of urea groups is 1. The molecule has 5 rings (SSSR count). The van der Waals surface area contributed by atoms with Gasteiger partial charge >= 0.3 is 6.03 Å². The molecule has 0 aliphatic carbocycles. The van der Waals surface area contributed by atoms with Crippen LogP contribution in [0.3, 0.4) is 0 Å². The van der Waals surface area contributed by atoms with Crippen LogP contribution < -0.4 is 9.80 Å². The Hall–Kier alpha value is -2.67. The second-order valence-corrected chi connectivity index (χ2v) is 10.1. The number of benzene rings is 1. The predicted octanol–water partition coefficient (Wildman–Crippen LogP) is 3.68. The summed E-state index contributed by atoms with van der Waals surface area (Å²) in [6.07, 6.45) is 9.49. The van der Waals surface area contributed by atoms with Gasteiger partial charge in [-0.3, -0.25) is 9.88 Å². The number of hydrogen-bond donors (Lipinski definition) is 0. The van der Waals surface area contributed by atoms with E-state index in [1.165, 1.54) is 31.2 Å². The zero-order valence-electron chi connectivity index (χ0n) is 20.2. The summed E-state index contributed by atoms with van der Waals surface area (Å²) in [5.74, 6) is 1.02. The summed E-state index contributed by atoms with van der Waals surface area (Å²) in [6, 6.07) is 9.34. The van der Waals surface area contributed by atoms with Crippen molar-refractivity contribution in [2.24, 2.45) is 0 Å². The Kier molecular flexibility index (Phi) is 5.99. The first-order valence-corrected chi connectivity index (χ1v) is 12.3. The van der Waals surface area contributed by atoms with Crippen LogP contribution in [0, 0.1) is 6.92 Å². The first-order chi connectivity index (χ1) is 16.0. The second kappa shape index (κ2) is 8.93. The lowest BCUT2D eigenvalue weighted by Crippen LogP contribution is -2.53. The topological polar surface area (TPSA) is 55.8 Å². The maximum Gasteiger partial charge on any atom is 0.323 e. The summed E-state index contributed by atoms with van der Waals surface area (Å²) in [5, 5.41) is 0. The Labute approximate surface area is 197 Å². The van der Waals surface area contributed by atoms with Gasteiger partial charge in [-0.15, -0.1) is 0 Å². The van der Waals surface area contributed by atoms with Gasteiger partial charge in [0.05, 0.1) is 11.9 Å². The maximum atomic E-state index is 12.8. The zero-order valence-corrected chi connectivity index (χ0v) is 20.2. The summed E-state index contributed by atoms with van der Waals surface area (Å²) < 4.78 is 0. The number of aryl methyl sites for hydroxylation is 1. The Balaban J connectivity index is 1.24. The van der Waals surface area contributed by atoms with Crippen LogP contribution in [0.5, 0.6) is 0 Å². The Morgan fingerprint density at radius 1 is 1.00 bits per heavy atom. The van der Waals surface area contributed by atoms with E-state index in [1.807, 2.05) is 38.3 Å². The molecular weight excluding hydrogens is 412 g/mol. The minimum Gasteiger partial charge on any atom is -0.355 e. The van der Waals surface area contributed by atoms with Gasteiger partial charge in [0.1, 0.15) is 5.82 Å². The van der Waals surface area contributed by atoms with Gasteiger partial charge in [-0.25, -0.2) is 9.78 Å². The number of piperidine rings is 2. The van der Waals surface area contributed by atoms with E-state index in [9.17, 15) is 4.79 Å². The highest BCUT2D eigenvalue weighted by Crippen LogP contribution is 2.47. The van der Waals surface area contributed by atoms with Gasteiger partial charge in [0, 0.05) is 57.1 Å². The highest BCUT2D eigenvalue weighted by molar-refractivity contribution is 5.93. The minimum absolute atomic E-state index is 0.0831. The van der Waals surface area contributed by atoms with E-state index in [0.717, 1.165) is 56.3 Å². The number of para-hydroxylation sites is 1. The predicted molar refractivity (Wildman–Crippen MR) is 132 cm³/mol. The van der Waals surface area contributed by atoms with Crippen molar-refractivity contribution in [3.8, 4) is 0 Å². The second-order valence-electron chi connectivity index (χ2n) is 10.1. The molecule has 4 heterocycles. The summed E-state index contributed by atoms with van der Waals surface area (Å²) in [5.41, 5.74) is 3.67. The maximum absolute atomic E-state index is 12.8. The van der Waals surface area contributed by atoms with Gasteiger partial charge in [0.2, 0.25) is 0 Å². The molecule has 0 saturated carbocycles. The van der Waals surface area contributed by atoms with Crippen molar-refractivity contribution in [2.45, 2.75) is 50.5 Å². The monoisotopic (exact) mass is 448 g/mol. The highest BCUT2D eigenvalue weighted by atomic mass is 16.2. The van der Waals surface area contributed by atoms with Crippen LogP contribution >= 0.6 is 0 Å². The number of carbonyl (C=O) groups is 1. The van der Waals surface area contributed by atoms with Gasteiger partial charge in [0.15, 0.2) is 0 Å². The Morgan fingerprint density at radius 2 is 1.70 bits per heavy atom. The number of nitrogens with zero attached hydrogens (tertiary/aromatic N) is 6. The van der Waals surface area contributed by atoms with Crippen molar-refractivity contribution < 1.29 is 4.79 Å². The lowest BCUT2D eigenvalue weighted by molar-refractivity contribution is 0.0947. The van der Waals surface area contributed by atoms with Crippen molar-refractivity contribution in [1.29, 1.82) is 0 Å². The number of aromatic nitrogens is 2. The van der Waals surface area contributed by atoms with Crippen LogP contribution in [-0.4, -0.2) is 78.7 Å². The SMILES string of the molecule is Cc1cncc(N2CCC(N3CCC4(CCN(C(=O)N(C)C)c5ccccc54)CC3)CC2)n1. The summed E-state index contributed by atoms with van der Waals surface area (Å²) >= 11 is 0. The van der Waals surface area contributed by atoms with Crippen molar-refractivity contribution >= 4 is 17.5 Å². The van der Waals surface area contributed by atoms with Crippen LogP contribution in [0.15, 0.2) is 36.7 Å². The molecule has 1 aromatic carbocycles. The van der Waals surface area contributed by atoms with Crippen molar-refractivity contribution in [1.82, 2.24) is 19.8 Å². The molecule has 7 nitrogen and oxygen atoms in total. The molecular formula is C26H36N6O. The molecule has 2 aromatic rings. The smallest absolute Gasteiger partial charge is 0.323 e. The largest absolute Gasteiger partial charge is 0.355 e. The fourth-order valence-electron chi connectivity index (χ4n) is 6.08. The van der Waals surface area contributed by atoms with Gasteiger partial charge in [-0.05, 0) is 63.7 Å². The van der Waals surface area contributed by atoms with Crippen LogP contribution in [-0.2, 0) is 5.41 Å². The van der Waals surface area contributed by atoms with E-state index >= 15 is 0 Å². The molecule has 7 heteroatoms. The van der Waals surface area contributed by atoms with E-state index in [4.69, 9.17) is 0 Å². The number of likely N-dealkylation sites (tertiary alicyclic amines) is 1. The Bertz CT molecular complexity index is 992. The lowest BCUT2D eigenvalue weighted by Gasteiger charge is -2.50. The molecule has 0 bridgehead atoms. The van der Waals surface area contributed by atoms with Gasteiger partial charge in [0.25, 0.3) is 0 Å². The van der Waals surface area contributed by atoms with Crippen LogP contribution in [0.4, 0.5) is 16.3 Å². The van der Waals surface area contributed by atoms with Crippen molar-refractivity contribution in [3.63, 3.8) is 0 Å². The molecule has 2 fully saturated rings. The van der Waals surface area contributed by atoms with E-state index in [2.05, 4.69) is 44.0 Å². The van der Waals surface area contributed by atoms with E-state index in [1.54, 1.807) is 4.90 Å². The third-order valence-electron chi connectivity index (χ3n) is 8.00. The first-order valence-electron chi connectivity index (χ1n) is 12.3. The van der Waals surface area contributed by atoms with Crippen LogP contribution in [0.2, 0.25) is 0 Å². The molecule has 1 aromatic heterocycles. The standard InChI is InChI=1S/C26H36N6O/c1-20-18-27-19-24(28-20)31-13-8-21(9-14-31)30-15-10-26(11-16-30)12-17-32(25(33)29(2)3)23-7-5-4-6-22(23)26/h4-7,18-19,21H,8-17H2,1-3H3. The van der Waals surface area contributed by atoms with E-state index < -0.39 is 0 Å². The fourth-order valence-corrected chi connectivity index (χ4v) is 6.08. The quantitative estimate of drug-likeness (QED) is 0.702. The normalized spacial score (nSPS) is 21.2. The van der Waals surface area contributed by atoms with Crippen LogP contribution in [0.25, 0.3) is 0 Å². The van der Waals surface area contributed by atoms with E-state index in [0.29, 0.717) is 6.04 Å². The molecule has 1 spiro atoms. The average Bonchev–Trinajstić information content (AvgIpc) is 2.85. The zero-order chi connectivity index (χ0) is 23.0. The number of rotatable bonds is 2. The molecule has 3 aliphatic heterocycles. The molecule has 0 N–H and O–H groups in total. The number of anilines is 2. The molecule has 33 heavy (non-hydrogen) atoms. The summed E-state index contributed by atoms with van der Waals surface area (Å²) in [7, 11) is 3.68. The molecule has 0 atom stereocenters. The lowest BCUT2D eigenvalue weighted by atomic mass is 9.67. The van der Waals surface area contributed by atoms with Gasteiger partial charge in [-0.1, -0.05) is 18.2 Å².